The van der Waals surface area contributed by atoms with Gasteiger partial charge in [-0.15, -0.1) is 0 Å². The molecule has 0 N–H and O–H groups in total. The van der Waals surface area contributed by atoms with Gasteiger partial charge in [0.15, 0.2) is 0 Å². The topological polar surface area (TPSA) is 30.0 Å². The van der Waals surface area contributed by atoms with Gasteiger partial charge in [-0.1, -0.05) is 35.3 Å². The van der Waals surface area contributed by atoms with Crippen molar-refractivity contribution < 1.29 is 4.79 Å². The first-order valence-corrected chi connectivity index (χ1v) is 5.77. The van der Waals surface area contributed by atoms with Gasteiger partial charge in [0.1, 0.15) is 5.69 Å². The largest absolute Gasteiger partial charge is 0.287 e. The quantitative estimate of drug-likeness (QED) is 0.771. The van der Waals surface area contributed by atoms with Crippen LogP contribution in [0.3, 0.4) is 0 Å². The third kappa shape index (κ3) is 2.33. The van der Waals surface area contributed by atoms with Gasteiger partial charge < -0.3 is 0 Å². The average molecular weight is 266 g/mol. The first-order chi connectivity index (χ1) is 8.11. The van der Waals surface area contributed by atoms with Gasteiger partial charge in [-0.05, 0) is 30.7 Å². The molecule has 1 aromatic carbocycles. The zero-order valence-corrected chi connectivity index (χ0v) is 10.6. The van der Waals surface area contributed by atoms with Gasteiger partial charge in [-0.25, -0.2) is 0 Å². The lowest BCUT2D eigenvalue weighted by Gasteiger charge is -2.06. The minimum Gasteiger partial charge on any atom is -0.287 e. The summed E-state index contributed by atoms with van der Waals surface area (Å²) in [6.45, 7) is 1.83. The van der Waals surface area contributed by atoms with Crippen molar-refractivity contribution in [2.45, 2.75) is 6.92 Å². The molecule has 0 amide bonds. The van der Waals surface area contributed by atoms with Gasteiger partial charge in [0.25, 0.3) is 0 Å². The molecule has 2 aromatic rings. The fourth-order valence-corrected chi connectivity index (χ4v) is 1.92. The molecule has 0 bridgehead atoms. The number of aryl methyl sites for hydroxylation is 1. The summed E-state index contributed by atoms with van der Waals surface area (Å²) in [6, 6.07) is 8.60. The van der Waals surface area contributed by atoms with Crippen LogP contribution in [-0.4, -0.2) is 10.8 Å². The van der Waals surface area contributed by atoms with Gasteiger partial charge in [0.05, 0.1) is 10.0 Å². The second kappa shape index (κ2) is 4.86. The molecule has 0 unspecified atom stereocenters. The monoisotopic (exact) mass is 265 g/mol. The smallest absolute Gasteiger partial charge is 0.213 e. The Morgan fingerprint density at radius 2 is 1.94 bits per heavy atom. The summed E-state index contributed by atoms with van der Waals surface area (Å²) in [4.78, 5) is 16.3. The van der Waals surface area contributed by atoms with Crippen LogP contribution in [0.25, 0.3) is 0 Å². The van der Waals surface area contributed by atoms with E-state index in [4.69, 9.17) is 23.2 Å². The number of aromatic nitrogens is 1. The second-order valence-electron chi connectivity index (χ2n) is 3.60. The van der Waals surface area contributed by atoms with Crippen molar-refractivity contribution in [2.75, 3.05) is 0 Å². The highest BCUT2D eigenvalue weighted by molar-refractivity contribution is 6.44. The molecule has 2 nitrogen and oxygen atoms in total. The minimum absolute atomic E-state index is 0.212. The van der Waals surface area contributed by atoms with Crippen LogP contribution in [0.5, 0.6) is 0 Å². The summed E-state index contributed by atoms with van der Waals surface area (Å²) in [7, 11) is 0. The van der Waals surface area contributed by atoms with E-state index in [1.807, 2.05) is 13.0 Å². The highest BCUT2D eigenvalue weighted by atomic mass is 35.5. The van der Waals surface area contributed by atoms with Crippen molar-refractivity contribution in [1.29, 1.82) is 0 Å². The Balaban J connectivity index is 2.52. The molecule has 0 aliphatic rings. The van der Waals surface area contributed by atoms with E-state index in [-0.39, 0.29) is 10.8 Å². The number of carbonyl (C=O) groups excluding carboxylic acids is 1. The number of benzene rings is 1. The summed E-state index contributed by atoms with van der Waals surface area (Å²) >= 11 is 11.9. The number of hydrogen-bond acceptors (Lipinski definition) is 2. The number of carbonyl (C=O) groups is 1. The molecule has 0 aliphatic carbocycles. The van der Waals surface area contributed by atoms with Gasteiger partial charge in [-0.2, -0.15) is 0 Å². The van der Waals surface area contributed by atoms with Crippen molar-refractivity contribution in [3.8, 4) is 0 Å². The van der Waals surface area contributed by atoms with Crippen LogP contribution in [0.2, 0.25) is 10.0 Å². The van der Waals surface area contributed by atoms with Crippen LogP contribution in [-0.2, 0) is 0 Å². The maximum Gasteiger partial charge on any atom is 0.213 e. The fraction of sp³-hybridized carbons (Fsp3) is 0.0769. The van der Waals surface area contributed by atoms with Crippen molar-refractivity contribution >= 4 is 29.0 Å². The molecule has 0 aliphatic heterocycles. The third-order valence-electron chi connectivity index (χ3n) is 2.42. The third-order valence-corrected chi connectivity index (χ3v) is 3.24. The predicted molar refractivity (Wildman–Crippen MR) is 68.9 cm³/mol. The molecule has 4 heteroatoms. The Labute approximate surface area is 109 Å². The van der Waals surface area contributed by atoms with E-state index in [9.17, 15) is 4.79 Å². The van der Waals surface area contributed by atoms with E-state index in [1.54, 1.807) is 30.5 Å². The van der Waals surface area contributed by atoms with E-state index in [2.05, 4.69) is 4.98 Å². The number of nitrogens with zero attached hydrogens (tertiary/aromatic N) is 1. The van der Waals surface area contributed by atoms with E-state index >= 15 is 0 Å². The molecule has 0 saturated carbocycles. The van der Waals surface area contributed by atoms with Gasteiger partial charge in [0.2, 0.25) is 5.78 Å². The van der Waals surface area contributed by atoms with E-state index < -0.39 is 0 Å². The lowest BCUT2D eigenvalue weighted by molar-refractivity contribution is 0.103. The number of hydrogen-bond donors (Lipinski definition) is 0. The van der Waals surface area contributed by atoms with Gasteiger partial charge in [-0.3, -0.25) is 9.78 Å². The average Bonchev–Trinajstić information content (AvgIpc) is 2.32. The van der Waals surface area contributed by atoms with Gasteiger partial charge >= 0.3 is 0 Å². The van der Waals surface area contributed by atoms with Gasteiger partial charge in [0, 0.05) is 11.8 Å². The molecule has 1 aromatic heterocycles. The summed E-state index contributed by atoms with van der Waals surface area (Å²) in [6.07, 6.45) is 1.58. The number of pyridine rings is 1. The molecule has 0 fully saturated rings. The normalized spacial score (nSPS) is 10.3. The van der Waals surface area contributed by atoms with Crippen molar-refractivity contribution in [1.82, 2.24) is 4.98 Å². The number of ketones is 1. The zero-order valence-electron chi connectivity index (χ0n) is 9.08. The molecule has 1 heterocycles. The van der Waals surface area contributed by atoms with Crippen LogP contribution < -0.4 is 0 Å². The summed E-state index contributed by atoms with van der Waals surface area (Å²) < 4.78 is 0. The van der Waals surface area contributed by atoms with Crippen LogP contribution in [0.15, 0.2) is 36.5 Å². The van der Waals surface area contributed by atoms with E-state index in [0.29, 0.717) is 16.3 Å². The highest BCUT2D eigenvalue weighted by Gasteiger charge is 2.17. The molecule has 0 radical (unpaired) electrons. The lowest BCUT2D eigenvalue weighted by Crippen LogP contribution is -2.07. The maximum absolute atomic E-state index is 12.2. The van der Waals surface area contributed by atoms with Crippen LogP contribution in [0.4, 0.5) is 0 Å². The molecular formula is C13H9Cl2NO. The maximum atomic E-state index is 12.2. The Morgan fingerprint density at radius 3 is 2.65 bits per heavy atom. The Kier molecular flexibility index (Phi) is 3.46. The van der Waals surface area contributed by atoms with Crippen molar-refractivity contribution in [2.24, 2.45) is 0 Å². The molecule has 86 valence electrons. The predicted octanol–water partition coefficient (Wildman–Crippen LogP) is 3.93. The summed E-state index contributed by atoms with van der Waals surface area (Å²) in [5.41, 5.74) is 1.59. The Bertz CT molecular complexity index is 581. The fourth-order valence-electron chi connectivity index (χ4n) is 1.53. The molecule has 2 rings (SSSR count). The molecular weight excluding hydrogens is 257 g/mol. The summed E-state index contributed by atoms with van der Waals surface area (Å²) in [5, 5.41) is 0.635. The minimum atomic E-state index is -0.212. The Morgan fingerprint density at radius 1 is 1.18 bits per heavy atom. The first kappa shape index (κ1) is 12.1. The molecule has 0 saturated heterocycles. The SMILES string of the molecule is Cc1cccnc1C(=O)c1cccc(Cl)c1Cl. The second-order valence-corrected chi connectivity index (χ2v) is 4.38. The lowest BCUT2D eigenvalue weighted by atomic mass is 10.0. The highest BCUT2D eigenvalue weighted by Crippen LogP contribution is 2.27. The van der Waals surface area contributed by atoms with E-state index in [0.717, 1.165) is 5.56 Å². The first-order valence-electron chi connectivity index (χ1n) is 5.01. The van der Waals surface area contributed by atoms with Crippen LogP contribution in [0, 0.1) is 6.92 Å². The van der Waals surface area contributed by atoms with Crippen LogP contribution in [0.1, 0.15) is 21.6 Å². The molecule has 0 spiro atoms. The summed E-state index contributed by atoms with van der Waals surface area (Å²) in [5.74, 6) is -0.212. The number of rotatable bonds is 2. The Hall–Kier alpha value is -1.38. The van der Waals surface area contributed by atoms with Crippen LogP contribution >= 0.6 is 23.2 Å². The van der Waals surface area contributed by atoms with Crippen molar-refractivity contribution in [3.05, 3.63) is 63.4 Å². The standard InChI is InChI=1S/C13H9Cl2NO/c1-8-4-3-7-16-12(8)13(17)9-5-2-6-10(14)11(9)15/h2-7H,1H3. The molecule has 17 heavy (non-hydrogen) atoms. The zero-order chi connectivity index (χ0) is 12.4. The molecule has 0 atom stereocenters. The number of halogens is 2. The van der Waals surface area contributed by atoms with Crippen molar-refractivity contribution in [3.63, 3.8) is 0 Å². The van der Waals surface area contributed by atoms with E-state index in [1.165, 1.54) is 0 Å².